The van der Waals surface area contributed by atoms with Crippen molar-refractivity contribution in [2.24, 2.45) is 10.2 Å². The molecule has 0 aliphatic carbocycles. The predicted molar refractivity (Wildman–Crippen MR) is 145 cm³/mol. The zero-order chi connectivity index (χ0) is 25.0. The predicted octanol–water partition coefficient (Wildman–Crippen LogP) is 6.52. The van der Waals surface area contributed by atoms with Crippen LogP contribution in [0.3, 0.4) is 0 Å². The minimum atomic E-state index is -0.295. The van der Waals surface area contributed by atoms with Gasteiger partial charge >= 0.3 is 0 Å². The van der Waals surface area contributed by atoms with Gasteiger partial charge in [-0.15, -0.1) is 5.10 Å². The molecule has 1 aliphatic rings. The molecule has 6 heteroatoms. The van der Waals surface area contributed by atoms with Crippen molar-refractivity contribution in [3.63, 3.8) is 0 Å². The zero-order valence-corrected chi connectivity index (χ0v) is 22.5. The van der Waals surface area contributed by atoms with E-state index in [2.05, 4.69) is 73.1 Å². The molecular weight excluding hydrogens is 493 g/mol. The zero-order valence-electron chi connectivity index (χ0n) is 21.5. The molecule has 0 fully saturated rings. The summed E-state index contributed by atoms with van der Waals surface area (Å²) in [6, 6.07) is 22.2. The molecule has 0 spiro atoms. The second-order valence-corrected chi connectivity index (χ2v) is 9.17. The number of hydrogen-bond donors (Lipinski definition) is 1. The average Bonchev–Trinajstić information content (AvgIpc) is 3.10. The van der Waals surface area contributed by atoms with Gasteiger partial charge in [0.15, 0.2) is 0 Å². The first-order chi connectivity index (χ1) is 16.9. The summed E-state index contributed by atoms with van der Waals surface area (Å²) in [6.07, 6.45) is 4.52. The maximum absolute atomic E-state index is 10.3. The molecule has 3 aromatic carbocycles. The second-order valence-electron chi connectivity index (χ2n) is 9.17. The van der Waals surface area contributed by atoms with Crippen LogP contribution in [0.2, 0.25) is 0 Å². The Labute approximate surface area is 224 Å². The number of allylic oxidation sites excluding steroid dienone is 2. The Morgan fingerprint density at radius 2 is 1.81 bits per heavy atom. The third-order valence-electron chi connectivity index (χ3n) is 6.79. The van der Waals surface area contributed by atoms with Crippen LogP contribution >= 0.6 is 0 Å². The molecule has 3 aromatic rings. The largest absolute Gasteiger partial charge is 0.497 e. The van der Waals surface area contributed by atoms with Gasteiger partial charge in [0.25, 0.3) is 0 Å². The van der Waals surface area contributed by atoms with Crippen molar-refractivity contribution in [3.8, 4) is 5.75 Å². The summed E-state index contributed by atoms with van der Waals surface area (Å²) >= 11 is 0. The molecule has 1 radical (unpaired) electrons. The quantitative estimate of drug-likeness (QED) is 0.217. The van der Waals surface area contributed by atoms with Gasteiger partial charge in [-0.2, -0.15) is 5.10 Å². The summed E-state index contributed by atoms with van der Waals surface area (Å²) in [5.41, 5.74) is 7.75. The molecule has 5 nitrogen and oxygen atoms in total. The number of likely N-dealkylation sites (N-methyl/N-ethyl adjacent to an activating group) is 1. The minimum absolute atomic E-state index is 0. The number of ether oxygens (including phenoxy) is 1. The van der Waals surface area contributed by atoms with E-state index in [1.807, 2.05) is 30.3 Å². The Morgan fingerprint density at radius 1 is 1.06 bits per heavy atom. The van der Waals surface area contributed by atoms with Crippen LogP contribution < -0.4 is 9.64 Å². The summed E-state index contributed by atoms with van der Waals surface area (Å²) in [4.78, 5) is 2.32. The van der Waals surface area contributed by atoms with Gasteiger partial charge in [0.05, 0.1) is 13.3 Å². The van der Waals surface area contributed by atoms with Crippen molar-refractivity contribution in [3.05, 3.63) is 106 Å². The number of aliphatic hydroxyl groups excluding tert-OH is 1. The van der Waals surface area contributed by atoms with E-state index in [0.29, 0.717) is 5.56 Å². The van der Waals surface area contributed by atoms with Crippen LogP contribution in [0, 0.1) is 13.8 Å². The number of fused-ring (bicyclic) bond motifs is 1. The Kier molecular flexibility index (Phi) is 8.77. The van der Waals surface area contributed by atoms with Gasteiger partial charge in [-0.3, -0.25) is 0 Å². The smallest absolute Gasteiger partial charge is 0.238 e. The summed E-state index contributed by atoms with van der Waals surface area (Å²) in [6.45, 7) is 9.56. The molecule has 0 aromatic heterocycles. The van der Waals surface area contributed by atoms with Crippen LogP contribution in [-0.2, 0) is 28.6 Å². The van der Waals surface area contributed by atoms with Crippen LogP contribution in [0.15, 0.2) is 88.7 Å². The summed E-state index contributed by atoms with van der Waals surface area (Å²) in [5.74, 6) is 0.740. The second kappa shape index (κ2) is 11.6. The molecular formula is C30H33CoN3O2. The normalized spacial score (nSPS) is 18.4. The van der Waals surface area contributed by atoms with Crippen molar-refractivity contribution in [1.82, 2.24) is 0 Å². The van der Waals surface area contributed by atoms with E-state index < -0.39 is 0 Å². The van der Waals surface area contributed by atoms with E-state index in [0.717, 1.165) is 24.4 Å². The molecule has 36 heavy (non-hydrogen) atoms. The first-order valence-electron chi connectivity index (χ1n) is 12.0. The maximum Gasteiger partial charge on any atom is 0.238 e. The van der Waals surface area contributed by atoms with Crippen molar-refractivity contribution in [2.75, 3.05) is 18.6 Å². The van der Waals surface area contributed by atoms with Gasteiger partial charge in [-0.05, 0) is 87.2 Å². The van der Waals surface area contributed by atoms with Gasteiger partial charge < -0.3 is 14.7 Å². The maximum atomic E-state index is 10.3. The van der Waals surface area contributed by atoms with Gasteiger partial charge in [0.1, 0.15) is 5.75 Å². The van der Waals surface area contributed by atoms with Crippen LogP contribution in [-0.4, -0.2) is 30.9 Å². The van der Waals surface area contributed by atoms with Crippen LogP contribution in [0.25, 0.3) is 0 Å². The van der Waals surface area contributed by atoms with E-state index >= 15 is 0 Å². The fourth-order valence-corrected chi connectivity index (χ4v) is 4.95. The van der Waals surface area contributed by atoms with E-state index in [9.17, 15) is 5.11 Å². The molecule has 1 atom stereocenters. The molecule has 0 amide bonds. The minimum Gasteiger partial charge on any atom is -0.497 e. The first-order valence-corrected chi connectivity index (χ1v) is 12.0. The fourth-order valence-electron chi connectivity index (χ4n) is 4.95. The van der Waals surface area contributed by atoms with E-state index in [-0.39, 0.29) is 28.1 Å². The standard InChI is InChI=1S/C30H33N3O2.Co/c1-6-33-27-15-14-25(35-5)19-26(27)30(4,20-24-13-12-21(2)18-22(24)3)28(33)16-17-31-32-29(34)23-10-8-7-9-11-23;/h7-19H,6,20H2,1-5H3,(H,32,34);/b28-16-,31-17+;. The first kappa shape index (κ1) is 27.2. The van der Waals surface area contributed by atoms with Crippen LogP contribution in [0.4, 0.5) is 5.69 Å². The monoisotopic (exact) mass is 526 g/mol. The van der Waals surface area contributed by atoms with Crippen LogP contribution in [0.5, 0.6) is 5.75 Å². The summed E-state index contributed by atoms with van der Waals surface area (Å²) in [5, 5.41) is 18.4. The van der Waals surface area contributed by atoms with Crippen molar-refractivity contribution >= 4 is 17.8 Å². The topological polar surface area (TPSA) is 57.4 Å². The van der Waals surface area contributed by atoms with Crippen LogP contribution in [0.1, 0.15) is 41.7 Å². The number of anilines is 1. The molecule has 4 rings (SSSR count). The molecule has 1 aliphatic heterocycles. The summed E-state index contributed by atoms with van der Waals surface area (Å²) < 4.78 is 5.58. The van der Waals surface area contributed by atoms with Gasteiger partial charge in [-0.1, -0.05) is 42.0 Å². The van der Waals surface area contributed by atoms with Gasteiger partial charge in [0.2, 0.25) is 5.90 Å². The SMILES string of the molecule is CCN1\C(=C/C=N/N=C(\O)c2ccccc2)C(C)(Cc2ccc(C)cc2C)c2cc(OC)ccc21.[Co]. The molecule has 0 saturated heterocycles. The third kappa shape index (κ3) is 5.40. The molecule has 1 unspecified atom stereocenters. The Balaban J connectivity index is 0.00000361. The van der Waals surface area contributed by atoms with Crippen molar-refractivity contribution < 1.29 is 26.6 Å². The van der Waals surface area contributed by atoms with Gasteiger partial charge in [-0.25, -0.2) is 0 Å². The number of benzene rings is 3. The van der Waals surface area contributed by atoms with E-state index in [1.165, 1.54) is 27.9 Å². The number of methoxy groups -OCH3 is 1. The van der Waals surface area contributed by atoms with Crippen molar-refractivity contribution in [2.45, 2.75) is 39.5 Å². The van der Waals surface area contributed by atoms with Gasteiger partial charge in [0, 0.05) is 45.7 Å². The Bertz CT molecular complexity index is 1300. The van der Waals surface area contributed by atoms with E-state index in [4.69, 9.17) is 4.74 Å². The van der Waals surface area contributed by atoms with Crippen molar-refractivity contribution in [1.29, 1.82) is 0 Å². The molecule has 1 heterocycles. The Hall–Kier alpha value is -3.35. The Morgan fingerprint density at radius 3 is 2.47 bits per heavy atom. The number of rotatable bonds is 7. The molecule has 1 N–H and O–H groups in total. The average molecular weight is 527 g/mol. The number of aryl methyl sites for hydroxylation is 2. The summed E-state index contributed by atoms with van der Waals surface area (Å²) in [7, 11) is 1.70. The van der Waals surface area contributed by atoms with E-state index in [1.54, 1.807) is 25.5 Å². The number of nitrogens with zero attached hydrogens (tertiary/aromatic N) is 3. The number of hydrogen-bond acceptors (Lipinski definition) is 4. The third-order valence-corrected chi connectivity index (χ3v) is 6.79. The molecule has 0 saturated carbocycles. The molecule has 0 bridgehead atoms. The number of aliphatic hydroxyl groups is 1. The molecule has 189 valence electrons. The fraction of sp³-hybridized carbons (Fsp3) is 0.267.